The van der Waals surface area contributed by atoms with Gasteiger partial charge < -0.3 is 4.42 Å². The minimum Gasteiger partial charge on any atom is -0.460 e. The summed E-state index contributed by atoms with van der Waals surface area (Å²) in [6.45, 7) is 2.08. The average Bonchev–Trinajstić information content (AvgIpc) is 2.95. The molecule has 0 radical (unpaired) electrons. The zero-order chi connectivity index (χ0) is 14.8. The molecule has 106 valence electrons. The van der Waals surface area contributed by atoms with Crippen molar-refractivity contribution in [3.8, 4) is 22.5 Å². The van der Waals surface area contributed by atoms with Crippen LogP contribution in [0.1, 0.15) is 12.7 Å². The summed E-state index contributed by atoms with van der Waals surface area (Å²) in [5.41, 5.74) is 3.15. The molecule has 3 aromatic rings. The largest absolute Gasteiger partial charge is 0.460 e. The van der Waals surface area contributed by atoms with Gasteiger partial charge in [-0.3, -0.25) is 0 Å². The van der Waals surface area contributed by atoms with Crippen LogP contribution in [0, 0.1) is 0 Å². The van der Waals surface area contributed by atoms with Crippen LogP contribution in [-0.2, 0) is 6.42 Å². The summed E-state index contributed by atoms with van der Waals surface area (Å²) in [5.74, 6) is 1.82. The molecule has 0 amide bonds. The molecule has 0 saturated heterocycles. The van der Waals surface area contributed by atoms with Crippen LogP contribution < -0.4 is 0 Å². The molecule has 0 atom stereocenters. The number of benzene rings is 2. The number of hydrogen-bond donors (Lipinski definition) is 0. The second-order valence-corrected chi connectivity index (χ2v) is 5.61. The third-order valence-electron chi connectivity index (χ3n) is 3.42. The molecular weight excluding hydrogens is 303 g/mol. The van der Waals surface area contributed by atoms with E-state index >= 15 is 0 Å². The third-order valence-corrected chi connectivity index (χ3v) is 4.16. The number of rotatable bonds is 3. The predicted molar refractivity (Wildman–Crippen MR) is 89.0 cm³/mol. The Hall–Kier alpha value is -1.70. The Morgan fingerprint density at radius 2 is 1.62 bits per heavy atom. The van der Waals surface area contributed by atoms with Gasteiger partial charge in [-0.15, -0.1) is 0 Å². The van der Waals surface area contributed by atoms with Crippen molar-refractivity contribution in [1.82, 2.24) is 0 Å². The van der Waals surface area contributed by atoms with E-state index in [2.05, 4.69) is 13.0 Å². The molecule has 0 saturated carbocycles. The first-order valence-corrected chi connectivity index (χ1v) is 7.58. The monoisotopic (exact) mass is 316 g/mol. The standard InChI is InChI=1S/C18H14Cl2O/c1-2-17-14(13-8-9-15(19)16(20)10-13)11-18(21-17)12-6-4-3-5-7-12/h3-11H,2H2,1H3. The van der Waals surface area contributed by atoms with Crippen molar-refractivity contribution in [1.29, 1.82) is 0 Å². The van der Waals surface area contributed by atoms with Crippen LogP contribution in [0.15, 0.2) is 59.0 Å². The maximum atomic E-state index is 6.12. The molecule has 21 heavy (non-hydrogen) atoms. The molecule has 1 aromatic heterocycles. The van der Waals surface area contributed by atoms with E-state index in [4.69, 9.17) is 27.6 Å². The van der Waals surface area contributed by atoms with E-state index in [-0.39, 0.29) is 0 Å². The zero-order valence-corrected chi connectivity index (χ0v) is 13.1. The second-order valence-electron chi connectivity index (χ2n) is 4.80. The van der Waals surface area contributed by atoms with Crippen LogP contribution in [0.2, 0.25) is 10.0 Å². The predicted octanol–water partition coefficient (Wildman–Crippen LogP) is 6.48. The summed E-state index contributed by atoms with van der Waals surface area (Å²) in [6, 6.07) is 17.8. The summed E-state index contributed by atoms with van der Waals surface area (Å²) < 4.78 is 6.00. The fraction of sp³-hybridized carbons (Fsp3) is 0.111. The summed E-state index contributed by atoms with van der Waals surface area (Å²) in [7, 11) is 0. The molecule has 1 nitrogen and oxygen atoms in total. The van der Waals surface area contributed by atoms with E-state index in [1.807, 2.05) is 48.5 Å². The minimum atomic E-state index is 0.554. The minimum absolute atomic E-state index is 0.554. The number of halogens is 2. The highest BCUT2D eigenvalue weighted by Crippen LogP contribution is 2.35. The number of hydrogen-bond acceptors (Lipinski definition) is 1. The highest BCUT2D eigenvalue weighted by atomic mass is 35.5. The molecule has 0 bridgehead atoms. The van der Waals surface area contributed by atoms with Gasteiger partial charge in [0, 0.05) is 17.5 Å². The van der Waals surface area contributed by atoms with Crippen molar-refractivity contribution in [2.24, 2.45) is 0 Å². The molecule has 0 spiro atoms. The van der Waals surface area contributed by atoms with Gasteiger partial charge >= 0.3 is 0 Å². The number of furan rings is 1. The van der Waals surface area contributed by atoms with Gasteiger partial charge in [0.15, 0.2) is 0 Å². The van der Waals surface area contributed by atoms with Gasteiger partial charge in [0.05, 0.1) is 10.0 Å². The maximum Gasteiger partial charge on any atom is 0.134 e. The molecule has 0 N–H and O–H groups in total. The first-order chi connectivity index (χ1) is 10.2. The Morgan fingerprint density at radius 3 is 2.29 bits per heavy atom. The first-order valence-electron chi connectivity index (χ1n) is 6.82. The Labute approximate surface area is 134 Å². The van der Waals surface area contributed by atoms with Crippen molar-refractivity contribution in [3.05, 3.63) is 70.4 Å². The van der Waals surface area contributed by atoms with E-state index in [0.717, 1.165) is 34.6 Å². The maximum absolute atomic E-state index is 6.12. The van der Waals surface area contributed by atoms with Gasteiger partial charge in [-0.25, -0.2) is 0 Å². The van der Waals surface area contributed by atoms with E-state index in [9.17, 15) is 0 Å². The number of aryl methyl sites for hydroxylation is 1. The summed E-state index contributed by atoms with van der Waals surface area (Å²) in [6.07, 6.45) is 0.822. The van der Waals surface area contributed by atoms with Crippen LogP contribution in [0.25, 0.3) is 22.5 Å². The van der Waals surface area contributed by atoms with Gasteiger partial charge in [0.2, 0.25) is 0 Å². The van der Waals surface area contributed by atoms with E-state index in [1.54, 1.807) is 0 Å². The van der Waals surface area contributed by atoms with Crippen molar-refractivity contribution in [2.45, 2.75) is 13.3 Å². The fourth-order valence-corrected chi connectivity index (χ4v) is 2.64. The molecule has 3 rings (SSSR count). The van der Waals surface area contributed by atoms with Gasteiger partial charge in [-0.05, 0) is 23.8 Å². The molecule has 1 heterocycles. The Bertz CT molecular complexity index is 760. The molecule has 0 fully saturated rings. The SMILES string of the molecule is CCc1oc(-c2ccccc2)cc1-c1ccc(Cl)c(Cl)c1. The lowest BCUT2D eigenvalue weighted by Gasteiger charge is -2.02. The smallest absolute Gasteiger partial charge is 0.134 e. The van der Waals surface area contributed by atoms with Gasteiger partial charge in [0.1, 0.15) is 11.5 Å². The lowest BCUT2D eigenvalue weighted by molar-refractivity contribution is 0.530. The molecule has 0 unspecified atom stereocenters. The van der Waals surface area contributed by atoms with Crippen LogP contribution in [0.5, 0.6) is 0 Å². The highest BCUT2D eigenvalue weighted by Gasteiger charge is 2.13. The van der Waals surface area contributed by atoms with Crippen molar-refractivity contribution < 1.29 is 4.42 Å². The van der Waals surface area contributed by atoms with Crippen LogP contribution in [0.3, 0.4) is 0 Å². The van der Waals surface area contributed by atoms with E-state index in [0.29, 0.717) is 10.0 Å². The summed E-state index contributed by atoms with van der Waals surface area (Å²) in [4.78, 5) is 0. The Kier molecular flexibility index (Phi) is 4.05. The van der Waals surface area contributed by atoms with Crippen molar-refractivity contribution in [3.63, 3.8) is 0 Å². The highest BCUT2D eigenvalue weighted by molar-refractivity contribution is 6.42. The summed E-state index contributed by atoms with van der Waals surface area (Å²) in [5, 5.41) is 1.11. The average molecular weight is 317 g/mol. The third kappa shape index (κ3) is 2.85. The van der Waals surface area contributed by atoms with Crippen LogP contribution in [0.4, 0.5) is 0 Å². The molecule has 0 aliphatic carbocycles. The molecule has 0 aliphatic heterocycles. The molecule has 2 aromatic carbocycles. The quantitative estimate of drug-likeness (QED) is 0.538. The lowest BCUT2D eigenvalue weighted by Crippen LogP contribution is -1.82. The van der Waals surface area contributed by atoms with Crippen molar-refractivity contribution in [2.75, 3.05) is 0 Å². The zero-order valence-electron chi connectivity index (χ0n) is 11.6. The molecule has 3 heteroatoms. The fourth-order valence-electron chi connectivity index (χ4n) is 2.34. The first kappa shape index (κ1) is 14.2. The van der Waals surface area contributed by atoms with Gasteiger partial charge in [-0.1, -0.05) is 66.5 Å². The topological polar surface area (TPSA) is 13.1 Å². The Morgan fingerprint density at radius 1 is 0.857 bits per heavy atom. The lowest BCUT2D eigenvalue weighted by atomic mass is 10.0. The second kappa shape index (κ2) is 5.97. The van der Waals surface area contributed by atoms with Crippen molar-refractivity contribution >= 4 is 23.2 Å². The van der Waals surface area contributed by atoms with Crippen LogP contribution in [-0.4, -0.2) is 0 Å². The van der Waals surface area contributed by atoms with Crippen LogP contribution >= 0.6 is 23.2 Å². The van der Waals surface area contributed by atoms with E-state index in [1.165, 1.54) is 0 Å². The molecular formula is C18H14Cl2O. The van der Waals surface area contributed by atoms with Gasteiger partial charge in [0.25, 0.3) is 0 Å². The van der Waals surface area contributed by atoms with Gasteiger partial charge in [-0.2, -0.15) is 0 Å². The Balaban J connectivity index is 2.10. The summed E-state index contributed by atoms with van der Waals surface area (Å²) >= 11 is 12.1. The normalized spacial score (nSPS) is 10.8. The van der Waals surface area contributed by atoms with E-state index < -0.39 is 0 Å². The molecule has 0 aliphatic rings.